The number of hydrogen-bond donors (Lipinski definition) is 1. The molecule has 1 fully saturated rings. The Kier molecular flexibility index (Phi) is 4.94. The summed E-state index contributed by atoms with van der Waals surface area (Å²) in [5.41, 5.74) is 0. The van der Waals surface area contributed by atoms with Gasteiger partial charge in [0.25, 0.3) is 0 Å². The molecule has 1 aliphatic rings. The standard InChI is InChI=1S/C13H27N/c1-5-11(6-2)9-13(14-4)10(3)12-7-8-12/h10-14H,5-9H2,1-4H3. The molecule has 1 saturated carbocycles. The quantitative estimate of drug-likeness (QED) is 0.659. The zero-order valence-electron chi connectivity index (χ0n) is 10.3. The van der Waals surface area contributed by atoms with Crippen molar-refractivity contribution in [2.45, 2.75) is 58.9 Å². The highest BCUT2D eigenvalue weighted by Crippen LogP contribution is 2.39. The van der Waals surface area contributed by atoms with Crippen molar-refractivity contribution in [3.63, 3.8) is 0 Å². The molecule has 1 rings (SSSR count). The number of nitrogens with one attached hydrogen (secondary N) is 1. The van der Waals surface area contributed by atoms with Crippen LogP contribution in [-0.2, 0) is 0 Å². The van der Waals surface area contributed by atoms with Crippen LogP contribution in [0.3, 0.4) is 0 Å². The minimum atomic E-state index is 0.757. The van der Waals surface area contributed by atoms with E-state index in [0.717, 1.165) is 23.8 Å². The Morgan fingerprint density at radius 2 is 1.79 bits per heavy atom. The van der Waals surface area contributed by atoms with Gasteiger partial charge in [-0.2, -0.15) is 0 Å². The van der Waals surface area contributed by atoms with E-state index in [1.165, 1.54) is 32.1 Å². The Bertz CT molecular complexity index is 147. The van der Waals surface area contributed by atoms with Crippen LogP contribution in [0, 0.1) is 17.8 Å². The highest BCUT2D eigenvalue weighted by Gasteiger charge is 2.33. The summed E-state index contributed by atoms with van der Waals surface area (Å²) in [5.74, 6) is 2.84. The van der Waals surface area contributed by atoms with Gasteiger partial charge in [0.05, 0.1) is 0 Å². The second kappa shape index (κ2) is 5.75. The molecule has 84 valence electrons. The maximum absolute atomic E-state index is 3.52. The molecule has 0 saturated heterocycles. The highest BCUT2D eigenvalue weighted by atomic mass is 14.9. The molecule has 1 heteroatoms. The first kappa shape index (κ1) is 12.0. The predicted octanol–water partition coefficient (Wildman–Crippen LogP) is 3.45. The lowest BCUT2D eigenvalue weighted by Gasteiger charge is -2.27. The maximum Gasteiger partial charge on any atom is 0.00949 e. The molecule has 2 unspecified atom stereocenters. The van der Waals surface area contributed by atoms with Gasteiger partial charge in [0.2, 0.25) is 0 Å². The third-order valence-electron chi connectivity index (χ3n) is 4.11. The summed E-state index contributed by atoms with van der Waals surface area (Å²) in [7, 11) is 2.13. The summed E-state index contributed by atoms with van der Waals surface area (Å²) in [6.45, 7) is 7.08. The van der Waals surface area contributed by atoms with Crippen LogP contribution >= 0.6 is 0 Å². The van der Waals surface area contributed by atoms with Crippen molar-refractivity contribution in [3.8, 4) is 0 Å². The average molecular weight is 197 g/mol. The van der Waals surface area contributed by atoms with Crippen LogP contribution in [0.25, 0.3) is 0 Å². The molecule has 0 aromatic carbocycles. The van der Waals surface area contributed by atoms with E-state index in [0.29, 0.717) is 0 Å². The molecule has 1 N–H and O–H groups in total. The molecule has 14 heavy (non-hydrogen) atoms. The third kappa shape index (κ3) is 3.27. The lowest BCUT2D eigenvalue weighted by molar-refractivity contribution is 0.287. The van der Waals surface area contributed by atoms with Gasteiger partial charge in [-0.05, 0) is 44.1 Å². The molecule has 0 aliphatic heterocycles. The zero-order chi connectivity index (χ0) is 10.6. The molecule has 0 aromatic rings. The first-order valence-corrected chi connectivity index (χ1v) is 6.40. The van der Waals surface area contributed by atoms with Gasteiger partial charge in [-0.25, -0.2) is 0 Å². The van der Waals surface area contributed by atoms with Gasteiger partial charge < -0.3 is 5.32 Å². The second-order valence-corrected chi connectivity index (χ2v) is 5.01. The van der Waals surface area contributed by atoms with E-state index < -0.39 is 0 Å². The van der Waals surface area contributed by atoms with E-state index in [2.05, 4.69) is 33.1 Å². The summed E-state index contributed by atoms with van der Waals surface area (Å²) in [4.78, 5) is 0. The molecule has 0 radical (unpaired) electrons. The van der Waals surface area contributed by atoms with Gasteiger partial charge in [-0.15, -0.1) is 0 Å². The molecule has 0 spiro atoms. The summed E-state index contributed by atoms with van der Waals surface area (Å²) in [5, 5.41) is 3.52. The van der Waals surface area contributed by atoms with E-state index in [1.807, 2.05) is 0 Å². The Labute approximate surface area is 89.7 Å². The van der Waals surface area contributed by atoms with E-state index in [4.69, 9.17) is 0 Å². The fourth-order valence-electron chi connectivity index (χ4n) is 2.53. The van der Waals surface area contributed by atoms with Crippen molar-refractivity contribution in [3.05, 3.63) is 0 Å². The van der Waals surface area contributed by atoms with Crippen molar-refractivity contribution in [2.75, 3.05) is 7.05 Å². The summed E-state index contributed by atoms with van der Waals surface area (Å²) in [6.07, 6.45) is 7.00. The van der Waals surface area contributed by atoms with Crippen LogP contribution in [0.2, 0.25) is 0 Å². The van der Waals surface area contributed by atoms with Crippen LogP contribution in [0.4, 0.5) is 0 Å². The monoisotopic (exact) mass is 197 g/mol. The summed E-state index contributed by atoms with van der Waals surface area (Å²) >= 11 is 0. The lowest BCUT2D eigenvalue weighted by atomic mass is 9.86. The minimum absolute atomic E-state index is 0.757. The largest absolute Gasteiger partial charge is 0.317 e. The van der Waals surface area contributed by atoms with Crippen molar-refractivity contribution in [1.82, 2.24) is 5.32 Å². The van der Waals surface area contributed by atoms with E-state index in [-0.39, 0.29) is 0 Å². The van der Waals surface area contributed by atoms with Crippen molar-refractivity contribution in [1.29, 1.82) is 0 Å². The van der Waals surface area contributed by atoms with Gasteiger partial charge in [-0.3, -0.25) is 0 Å². The molecule has 2 atom stereocenters. The molecule has 0 amide bonds. The Balaban J connectivity index is 2.35. The predicted molar refractivity (Wildman–Crippen MR) is 63.4 cm³/mol. The first-order chi connectivity index (χ1) is 6.72. The molecule has 1 nitrogen and oxygen atoms in total. The van der Waals surface area contributed by atoms with Crippen molar-refractivity contribution >= 4 is 0 Å². The SMILES string of the molecule is CCC(CC)CC(NC)C(C)C1CC1. The Morgan fingerprint density at radius 1 is 1.21 bits per heavy atom. The molecule has 0 heterocycles. The second-order valence-electron chi connectivity index (χ2n) is 5.01. The van der Waals surface area contributed by atoms with Gasteiger partial charge >= 0.3 is 0 Å². The van der Waals surface area contributed by atoms with E-state index >= 15 is 0 Å². The van der Waals surface area contributed by atoms with Crippen LogP contribution in [0.5, 0.6) is 0 Å². The van der Waals surface area contributed by atoms with E-state index in [1.54, 1.807) is 0 Å². The van der Waals surface area contributed by atoms with Crippen LogP contribution in [0.1, 0.15) is 52.9 Å². The Hall–Kier alpha value is -0.0400. The van der Waals surface area contributed by atoms with Crippen LogP contribution in [-0.4, -0.2) is 13.1 Å². The summed E-state index contributed by atoms with van der Waals surface area (Å²) < 4.78 is 0. The lowest BCUT2D eigenvalue weighted by Crippen LogP contribution is -2.35. The minimum Gasteiger partial charge on any atom is -0.317 e. The normalized spacial score (nSPS) is 21.2. The number of hydrogen-bond acceptors (Lipinski definition) is 1. The van der Waals surface area contributed by atoms with Gasteiger partial charge in [-0.1, -0.05) is 33.6 Å². The topological polar surface area (TPSA) is 12.0 Å². The van der Waals surface area contributed by atoms with Gasteiger partial charge in [0.15, 0.2) is 0 Å². The zero-order valence-corrected chi connectivity index (χ0v) is 10.3. The molecule has 0 aromatic heterocycles. The Morgan fingerprint density at radius 3 is 2.14 bits per heavy atom. The average Bonchev–Trinajstić information content (AvgIpc) is 3.02. The maximum atomic E-state index is 3.52. The number of rotatable bonds is 7. The molecule has 0 bridgehead atoms. The fraction of sp³-hybridized carbons (Fsp3) is 1.00. The van der Waals surface area contributed by atoms with Crippen LogP contribution < -0.4 is 5.32 Å². The smallest absolute Gasteiger partial charge is 0.00949 e. The van der Waals surface area contributed by atoms with E-state index in [9.17, 15) is 0 Å². The summed E-state index contributed by atoms with van der Waals surface area (Å²) in [6, 6.07) is 0.757. The third-order valence-corrected chi connectivity index (χ3v) is 4.11. The van der Waals surface area contributed by atoms with Crippen molar-refractivity contribution < 1.29 is 0 Å². The first-order valence-electron chi connectivity index (χ1n) is 6.40. The highest BCUT2D eigenvalue weighted by molar-refractivity contribution is 4.86. The van der Waals surface area contributed by atoms with Gasteiger partial charge in [0.1, 0.15) is 0 Å². The molecule has 1 aliphatic carbocycles. The van der Waals surface area contributed by atoms with Gasteiger partial charge in [0, 0.05) is 6.04 Å². The molecular weight excluding hydrogens is 170 g/mol. The van der Waals surface area contributed by atoms with Crippen molar-refractivity contribution in [2.24, 2.45) is 17.8 Å². The van der Waals surface area contributed by atoms with Crippen LogP contribution in [0.15, 0.2) is 0 Å². The molecular formula is C13H27N. The fourth-order valence-corrected chi connectivity index (χ4v) is 2.53.